The van der Waals surface area contributed by atoms with E-state index in [0.29, 0.717) is 48.7 Å². The molecular weight excluding hydrogens is 480 g/mol. The van der Waals surface area contributed by atoms with Gasteiger partial charge in [-0.25, -0.2) is 9.98 Å². The highest BCUT2D eigenvalue weighted by molar-refractivity contribution is 6.16. The van der Waals surface area contributed by atoms with E-state index in [1.807, 2.05) is 48.5 Å². The summed E-state index contributed by atoms with van der Waals surface area (Å²) in [7, 11) is 0. The van der Waals surface area contributed by atoms with E-state index in [9.17, 15) is 14.4 Å². The Balaban J connectivity index is 1.11. The van der Waals surface area contributed by atoms with Gasteiger partial charge in [0.05, 0.1) is 5.41 Å². The number of fused-ring (bicyclic) bond motifs is 3. The molecule has 7 rings (SSSR count). The third kappa shape index (κ3) is 3.38. The number of carbonyl (C=O) groups excluding carboxylic acids is 3. The van der Waals surface area contributed by atoms with Crippen molar-refractivity contribution in [3.05, 3.63) is 83.3 Å². The molecule has 1 fully saturated rings. The van der Waals surface area contributed by atoms with Gasteiger partial charge in [-0.05, 0) is 67.1 Å². The molecule has 2 N–H and O–H groups in total. The van der Waals surface area contributed by atoms with Crippen LogP contribution in [0.1, 0.15) is 48.1 Å². The first kappa shape index (κ1) is 22.8. The molecule has 1 atom stereocenters. The average molecular weight is 507 g/mol. The molecule has 0 bridgehead atoms. The zero-order chi connectivity index (χ0) is 25.9. The third-order valence-electron chi connectivity index (χ3n) is 8.31. The second kappa shape index (κ2) is 8.31. The van der Waals surface area contributed by atoms with E-state index < -0.39 is 11.0 Å². The first-order chi connectivity index (χ1) is 18.5. The predicted molar refractivity (Wildman–Crippen MR) is 141 cm³/mol. The van der Waals surface area contributed by atoms with E-state index in [0.717, 1.165) is 29.5 Å². The van der Waals surface area contributed by atoms with Gasteiger partial charge in [0.15, 0.2) is 5.84 Å². The van der Waals surface area contributed by atoms with Crippen LogP contribution in [-0.2, 0) is 32.6 Å². The lowest BCUT2D eigenvalue weighted by Gasteiger charge is -2.22. The van der Waals surface area contributed by atoms with Gasteiger partial charge in [-0.15, -0.1) is 0 Å². The highest BCUT2D eigenvalue weighted by atomic mass is 16.2. The number of nitrogens with zero attached hydrogens (tertiary/aromatic N) is 4. The van der Waals surface area contributed by atoms with Crippen LogP contribution in [0.25, 0.3) is 0 Å². The Kier molecular flexibility index (Phi) is 4.98. The lowest BCUT2D eigenvalue weighted by molar-refractivity contribution is -0.133. The topological polar surface area (TPSA) is 117 Å². The van der Waals surface area contributed by atoms with Crippen molar-refractivity contribution in [2.75, 3.05) is 17.2 Å². The fourth-order valence-corrected chi connectivity index (χ4v) is 6.47. The predicted octanol–water partition coefficient (Wildman–Crippen LogP) is 3.01. The number of aromatic nitrogens is 2. The summed E-state index contributed by atoms with van der Waals surface area (Å²) in [6.45, 7) is -0.140. The number of pyridine rings is 2. The molecule has 9 heteroatoms. The van der Waals surface area contributed by atoms with Gasteiger partial charge >= 0.3 is 0 Å². The summed E-state index contributed by atoms with van der Waals surface area (Å²) in [5, 5.41) is 5.88. The van der Waals surface area contributed by atoms with Gasteiger partial charge in [0.25, 0.3) is 5.91 Å². The van der Waals surface area contributed by atoms with Crippen molar-refractivity contribution in [1.82, 2.24) is 14.9 Å². The monoisotopic (exact) mass is 506 g/mol. The van der Waals surface area contributed by atoms with Gasteiger partial charge in [0, 0.05) is 23.6 Å². The number of benzene rings is 1. The fourth-order valence-electron chi connectivity index (χ4n) is 6.47. The maximum Gasteiger partial charge on any atom is 0.256 e. The minimum Gasteiger partial charge on any atom is -0.325 e. The highest BCUT2D eigenvalue weighted by Gasteiger charge is 2.52. The first-order valence-corrected chi connectivity index (χ1v) is 13.0. The van der Waals surface area contributed by atoms with Crippen LogP contribution < -0.4 is 10.6 Å². The van der Waals surface area contributed by atoms with Crippen LogP contribution in [0.2, 0.25) is 0 Å². The number of amides is 3. The summed E-state index contributed by atoms with van der Waals surface area (Å²) >= 11 is 0. The number of anilines is 2. The molecule has 2 spiro atoms. The van der Waals surface area contributed by atoms with Crippen LogP contribution in [0.4, 0.5) is 11.5 Å². The molecule has 1 saturated carbocycles. The minimum atomic E-state index is -0.776. The number of carbonyl (C=O) groups is 3. The summed E-state index contributed by atoms with van der Waals surface area (Å²) in [5.41, 5.74) is 2.80. The third-order valence-corrected chi connectivity index (χ3v) is 8.31. The largest absolute Gasteiger partial charge is 0.325 e. The van der Waals surface area contributed by atoms with Crippen molar-refractivity contribution < 1.29 is 14.4 Å². The molecule has 2 aromatic heterocycles. The van der Waals surface area contributed by atoms with Crippen molar-refractivity contribution in [1.29, 1.82) is 0 Å². The molecule has 2 aliphatic heterocycles. The summed E-state index contributed by atoms with van der Waals surface area (Å²) in [6.07, 6.45) is 7.75. The van der Waals surface area contributed by atoms with Gasteiger partial charge in [-0.3, -0.25) is 24.3 Å². The normalized spacial score (nSPS) is 22.5. The van der Waals surface area contributed by atoms with Gasteiger partial charge in [0.1, 0.15) is 23.6 Å². The van der Waals surface area contributed by atoms with Gasteiger partial charge in [-0.2, -0.15) is 0 Å². The number of amidine groups is 1. The second-order valence-corrected chi connectivity index (χ2v) is 10.6. The fraction of sp³-hybridized carbons (Fsp3) is 0.310. The van der Waals surface area contributed by atoms with E-state index in [4.69, 9.17) is 4.99 Å². The number of hydrogen-bond donors (Lipinski definition) is 2. The van der Waals surface area contributed by atoms with Gasteiger partial charge in [0.2, 0.25) is 11.8 Å². The van der Waals surface area contributed by atoms with Crippen molar-refractivity contribution in [2.24, 2.45) is 4.99 Å². The summed E-state index contributed by atoms with van der Waals surface area (Å²) in [6, 6.07) is 15.0. The summed E-state index contributed by atoms with van der Waals surface area (Å²) in [4.78, 5) is 54.7. The molecule has 190 valence electrons. The Hall–Kier alpha value is -4.40. The SMILES string of the molecule is O=C(CN1C(=O)C2(CCCC2)N=C1c1ccccn1)Nc1ccc2c(c1)CC1(C2)C(=O)Nc2ncccc21. The van der Waals surface area contributed by atoms with Crippen LogP contribution in [0.3, 0.4) is 0 Å². The van der Waals surface area contributed by atoms with Crippen molar-refractivity contribution in [2.45, 2.75) is 49.5 Å². The minimum absolute atomic E-state index is 0.0392. The van der Waals surface area contributed by atoms with E-state index >= 15 is 0 Å². The summed E-state index contributed by atoms with van der Waals surface area (Å²) < 4.78 is 0. The lowest BCUT2D eigenvalue weighted by atomic mass is 9.79. The molecule has 1 unspecified atom stereocenters. The number of rotatable bonds is 4. The van der Waals surface area contributed by atoms with Gasteiger partial charge < -0.3 is 10.6 Å². The van der Waals surface area contributed by atoms with Crippen LogP contribution in [0, 0.1) is 0 Å². The van der Waals surface area contributed by atoms with Crippen LogP contribution in [0.15, 0.2) is 65.9 Å². The Morgan fingerprint density at radius 1 is 0.974 bits per heavy atom. The van der Waals surface area contributed by atoms with Gasteiger partial charge in [-0.1, -0.05) is 31.0 Å². The molecule has 9 nitrogen and oxygen atoms in total. The zero-order valence-corrected chi connectivity index (χ0v) is 20.7. The first-order valence-electron chi connectivity index (χ1n) is 13.0. The quantitative estimate of drug-likeness (QED) is 0.564. The molecule has 4 heterocycles. The standard InChI is InChI=1S/C29H26N6O3/c36-23(17-35-25(22-7-1-4-12-30-22)34-29(27(35)38)10-2-3-11-29)32-20-9-8-18-15-28(16-19(18)14-20)21-6-5-13-31-24(21)33-26(28)37/h1,4-9,12-14H,2-3,10-11,15-17H2,(H,32,36)(H,31,33,37). The van der Waals surface area contributed by atoms with E-state index in [1.165, 1.54) is 4.90 Å². The molecular formula is C29H26N6O3. The Labute approximate surface area is 219 Å². The maximum atomic E-state index is 13.5. The maximum absolute atomic E-state index is 13.5. The average Bonchev–Trinajstić information content (AvgIpc) is 3.68. The molecule has 0 saturated heterocycles. The molecule has 3 amide bonds. The molecule has 1 aromatic carbocycles. The molecule has 2 aliphatic carbocycles. The Morgan fingerprint density at radius 3 is 2.61 bits per heavy atom. The van der Waals surface area contributed by atoms with Crippen LogP contribution >= 0.6 is 0 Å². The van der Waals surface area contributed by atoms with E-state index in [2.05, 4.69) is 20.6 Å². The van der Waals surface area contributed by atoms with Crippen LogP contribution in [0.5, 0.6) is 0 Å². The Morgan fingerprint density at radius 2 is 1.79 bits per heavy atom. The molecule has 3 aromatic rings. The van der Waals surface area contributed by atoms with Crippen LogP contribution in [-0.4, -0.2) is 50.5 Å². The highest BCUT2D eigenvalue weighted by Crippen LogP contribution is 2.47. The lowest BCUT2D eigenvalue weighted by Crippen LogP contribution is -2.45. The number of aliphatic imine (C=N–C) groups is 1. The molecule has 4 aliphatic rings. The summed E-state index contributed by atoms with van der Waals surface area (Å²) in [5.74, 6) is 0.615. The smallest absolute Gasteiger partial charge is 0.256 e. The van der Waals surface area contributed by atoms with Crippen molar-refractivity contribution in [3.63, 3.8) is 0 Å². The molecule has 38 heavy (non-hydrogen) atoms. The number of hydrogen-bond acceptors (Lipinski definition) is 6. The van der Waals surface area contributed by atoms with Crippen molar-refractivity contribution in [3.8, 4) is 0 Å². The van der Waals surface area contributed by atoms with E-state index in [-0.39, 0.29) is 24.3 Å². The number of nitrogens with one attached hydrogen (secondary N) is 2. The Bertz CT molecular complexity index is 1530. The molecule has 0 radical (unpaired) electrons. The zero-order valence-electron chi connectivity index (χ0n) is 20.7. The second-order valence-electron chi connectivity index (χ2n) is 10.6. The van der Waals surface area contributed by atoms with E-state index in [1.54, 1.807) is 12.4 Å². The van der Waals surface area contributed by atoms with Crippen molar-refractivity contribution >= 4 is 35.1 Å².